The second-order valence-corrected chi connectivity index (χ2v) is 4.88. The van der Waals surface area contributed by atoms with Crippen LogP contribution in [-0.2, 0) is 0 Å². The lowest BCUT2D eigenvalue weighted by atomic mass is 10.0. The van der Waals surface area contributed by atoms with Gasteiger partial charge in [-0.15, -0.1) is 10.2 Å². The van der Waals surface area contributed by atoms with Gasteiger partial charge in [0, 0.05) is 19.0 Å². The van der Waals surface area contributed by atoms with Crippen molar-refractivity contribution >= 4 is 11.7 Å². The summed E-state index contributed by atoms with van der Waals surface area (Å²) in [6.45, 7) is 0.426. The molecule has 0 spiro atoms. The molecule has 6 nitrogen and oxygen atoms in total. The van der Waals surface area contributed by atoms with Gasteiger partial charge >= 0.3 is 0 Å². The summed E-state index contributed by atoms with van der Waals surface area (Å²) in [7, 11) is 1.53. The smallest absolute Gasteiger partial charge is 0.271 e. The number of ether oxygens (including phenoxy) is 1. The average Bonchev–Trinajstić information content (AvgIpc) is 2.56. The minimum atomic E-state index is -0.370. The summed E-state index contributed by atoms with van der Waals surface area (Å²) >= 11 is 0. The van der Waals surface area contributed by atoms with Gasteiger partial charge in [-0.1, -0.05) is 12.1 Å². The van der Waals surface area contributed by atoms with Crippen LogP contribution in [0.2, 0.25) is 0 Å². The Bertz CT molecular complexity index is 690. The molecule has 114 valence electrons. The minimum Gasteiger partial charge on any atom is -0.490 e. The van der Waals surface area contributed by atoms with Crippen LogP contribution in [-0.4, -0.2) is 29.8 Å². The van der Waals surface area contributed by atoms with Crippen LogP contribution in [0, 0.1) is 5.82 Å². The lowest BCUT2D eigenvalue weighted by Crippen LogP contribution is -2.22. The molecule has 2 aromatic rings. The van der Waals surface area contributed by atoms with Crippen molar-refractivity contribution in [3.05, 3.63) is 47.4 Å². The molecule has 0 unspecified atom stereocenters. The van der Waals surface area contributed by atoms with Crippen molar-refractivity contribution in [3.63, 3.8) is 0 Å². The van der Waals surface area contributed by atoms with Gasteiger partial charge in [0.2, 0.25) is 0 Å². The SMILES string of the molecule is CNC(=O)c1ccc(N[C@H]2CCOc3c(F)cccc32)nn1. The van der Waals surface area contributed by atoms with E-state index in [4.69, 9.17) is 4.74 Å². The van der Waals surface area contributed by atoms with Crippen LogP contribution in [0.15, 0.2) is 30.3 Å². The Hall–Kier alpha value is -2.70. The first kappa shape index (κ1) is 14.2. The van der Waals surface area contributed by atoms with E-state index in [9.17, 15) is 9.18 Å². The molecule has 1 atom stereocenters. The van der Waals surface area contributed by atoms with Gasteiger partial charge in [0.05, 0.1) is 12.6 Å². The zero-order chi connectivity index (χ0) is 15.5. The van der Waals surface area contributed by atoms with Gasteiger partial charge in [-0.25, -0.2) is 4.39 Å². The van der Waals surface area contributed by atoms with Gasteiger partial charge < -0.3 is 15.4 Å². The Morgan fingerprint density at radius 3 is 2.91 bits per heavy atom. The lowest BCUT2D eigenvalue weighted by Gasteiger charge is -2.27. The number of nitrogens with one attached hydrogen (secondary N) is 2. The minimum absolute atomic E-state index is 0.111. The molecule has 1 aliphatic rings. The monoisotopic (exact) mass is 302 g/mol. The van der Waals surface area contributed by atoms with Crippen molar-refractivity contribution in [2.45, 2.75) is 12.5 Å². The summed E-state index contributed by atoms with van der Waals surface area (Å²) in [4.78, 5) is 11.4. The number of hydrogen-bond donors (Lipinski definition) is 2. The van der Waals surface area contributed by atoms with Gasteiger partial charge in [0.25, 0.3) is 5.91 Å². The van der Waals surface area contributed by atoms with E-state index in [0.717, 1.165) is 5.56 Å². The fraction of sp³-hybridized carbons (Fsp3) is 0.267. The molecule has 0 radical (unpaired) electrons. The number of hydrogen-bond acceptors (Lipinski definition) is 5. The van der Waals surface area contributed by atoms with E-state index in [1.807, 2.05) is 6.07 Å². The summed E-state index contributed by atoms with van der Waals surface area (Å²) in [5.74, 6) is 0.138. The summed E-state index contributed by atoms with van der Waals surface area (Å²) in [6, 6.07) is 7.99. The van der Waals surface area contributed by atoms with E-state index in [0.29, 0.717) is 18.8 Å². The number of amides is 1. The molecule has 2 N–H and O–H groups in total. The Kier molecular flexibility index (Phi) is 3.86. The van der Waals surface area contributed by atoms with Crippen molar-refractivity contribution in [3.8, 4) is 5.75 Å². The van der Waals surface area contributed by atoms with Gasteiger partial charge in [-0.2, -0.15) is 0 Å². The molecular weight excluding hydrogens is 287 g/mol. The maximum Gasteiger partial charge on any atom is 0.271 e. The molecule has 1 amide bonds. The Balaban J connectivity index is 1.80. The Morgan fingerprint density at radius 1 is 1.32 bits per heavy atom. The predicted molar refractivity (Wildman–Crippen MR) is 78.3 cm³/mol. The van der Waals surface area contributed by atoms with E-state index < -0.39 is 0 Å². The van der Waals surface area contributed by atoms with Crippen molar-refractivity contribution in [2.24, 2.45) is 0 Å². The lowest BCUT2D eigenvalue weighted by molar-refractivity contribution is 0.0957. The number of halogens is 1. The Labute approximate surface area is 126 Å². The van der Waals surface area contributed by atoms with Crippen LogP contribution in [0.25, 0.3) is 0 Å². The van der Waals surface area contributed by atoms with E-state index in [2.05, 4.69) is 20.8 Å². The van der Waals surface area contributed by atoms with E-state index in [1.54, 1.807) is 18.2 Å². The highest BCUT2D eigenvalue weighted by Crippen LogP contribution is 2.35. The highest BCUT2D eigenvalue weighted by atomic mass is 19.1. The van der Waals surface area contributed by atoms with Crippen LogP contribution in [0.1, 0.15) is 28.5 Å². The molecular formula is C15H15FN4O2. The third-order valence-electron chi connectivity index (χ3n) is 3.47. The molecule has 22 heavy (non-hydrogen) atoms. The van der Waals surface area contributed by atoms with E-state index in [1.165, 1.54) is 13.1 Å². The molecule has 0 bridgehead atoms. The first-order valence-electron chi connectivity index (χ1n) is 6.92. The highest BCUT2D eigenvalue weighted by molar-refractivity contribution is 5.91. The molecule has 0 saturated carbocycles. The number of fused-ring (bicyclic) bond motifs is 1. The molecule has 0 aliphatic carbocycles. The van der Waals surface area contributed by atoms with E-state index >= 15 is 0 Å². The van der Waals surface area contributed by atoms with Crippen LogP contribution in [0.5, 0.6) is 5.75 Å². The van der Waals surface area contributed by atoms with Crippen molar-refractivity contribution in [1.29, 1.82) is 0 Å². The normalized spacial score (nSPS) is 16.4. The maximum atomic E-state index is 13.7. The largest absolute Gasteiger partial charge is 0.490 e. The second-order valence-electron chi connectivity index (χ2n) is 4.88. The van der Waals surface area contributed by atoms with E-state index in [-0.39, 0.29) is 29.2 Å². The third-order valence-corrected chi connectivity index (χ3v) is 3.47. The van der Waals surface area contributed by atoms with Crippen molar-refractivity contribution < 1.29 is 13.9 Å². The summed E-state index contributed by atoms with van der Waals surface area (Å²) in [6.07, 6.45) is 0.690. The summed E-state index contributed by atoms with van der Waals surface area (Å²) in [5, 5.41) is 13.5. The number of anilines is 1. The number of para-hydroxylation sites is 1. The first-order chi connectivity index (χ1) is 10.7. The number of carbonyl (C=O) groups is 1. The molecule has 1 aromatic heterocycles. The molecule has 3 rings (SSSR count). The zero-order valence-electron chi connectivity index (χ0n) is 12.0. The van der Waals surface area contributed by atoms with Crippen LogP contribution in [0.4, 0.5) is 10.2 Å². The molecule has 2 heterocycles. The van der Waals surface area contributed by atoms with Gasteiger partial charge in [0.15, 0.2) is 17.3 Å². The standard InChI is InChI=1S/C15H15FN4O2/c1-17-15(21)12-5-6-13(20-19-12)18-11-7-8-22-14-9(11)3-2-4-10(14)16/h2-6,11H,7-8H2,1H3,(H,17,21)(H,18,20)/t11-/m0/s1. The fourth-order valence-corrected chi connectivity index (χ4v) is 2.37. The summed E-state index contributed by atoms with van der Waals surface area (Å²) in [5.41, 5.74) is 0.995. The van der Waals surface area contributed by atoms with Crippen LogP contribution >= 0.6 is 0 Å². The fourth-order valence-electron chi connectivity index (χ4n) is 2.37. The highest BCUT2D eigenvalue weighted by Gasteiger charge is 2.24. The van der Waals surface area contributed by atoms with Gasteiger partial charge in [0.1, 0.15) is 5.82 Å². The number of benzene rings is 1. The number of aromatic nitrogens is 2. The Morgan fingerprint density at radius 2 is 2.18 bits per heavy atom. The first-order valence-corrected chi connectivity index (χ1v) is 6.92. The van der Waals surface area contributed by atoms with Gasteiger partial charge in [-0.05, 0) is 18.2 Å². The van der Waals surface area contributed by atoms with Crippen molar-refractivity contribution in [2.75, 3.05) is 19.0 Å². The number of nitrogens with zero attached hydrogens (tertiary/aromatic N) is 2. The average molecular weight is 302 g/mol. The van der Waals surface area contributed by atoms with Crippen LogP contribution < -0.4 is 15.4 Å². The quantitative estimate of drug-likeness (QED) is 0.906. The molecule has 7 heteroatoms. The maximum absolute atomic E-state index is 13.7. The number of rotatable bonds is 3. The third kappa shape index (κ3) is 2.69. The second kappa shape index (κ2) is 5.97. The zero-order valence-corrected chi connectivity index (χ0v) is 12.0. The topological polar surface area (TPSA) is 76.1 Å². The van der Waals surface area contributed by atoms with Crippen molar-refractivity contribution in [1.82, 2.24) is 15.5 Å². The molecule has 0 fully saturated rings. The molecule has 0 saturated heterocycles. The molecule has 1 aromatic carbocycles. The van der Waals surface area contributed by atoms with Gasteiger partial charge in [-0.3, -0.25) is 4.79 Å². The van der Waals surface area contributed by atoms with Crippen LogP contribution in [0.3, 0.4) is 0 Å². The summed E-state index contributed by atoms with van der Waals surface area (Å²) < 4.78 is 19.1. The number of carbonyl (C=O) groups excluding carboxylic acids is 1. The molecule has 1 aliphatic heterocycles. The predicted octanol–water partition coefficient (Wildman–Crippen LogP) is 1.91.